The first-order valence-corrected chi connectivity index (χ1v) is 6.39. The van der Waals surface area contributed by atoms with Crippen molar-refractivity contribution in [3.63, 3.8) is 0 Å². The zero-order valence-electron chi connectivity index (χ0n) is 10.8. The van der Waals surface area contributed by atoms with E-state index in [-0.39, 0.29) is 11.2 Å². The van der Waals surface area contributed by atoms with E-state index in [1.165, 1.54) is 6.42 Å². The largest absolute Gasteiger partial charge is 0.478 e. The Kier molecular flexibility index (Phi) is 2.78. The van der Waals surface area contributed by atoms with Crippen LogP contribution in [-0.2, 0) is 11.2 Å². The monoisotopic (exact) mass is 260 g/mol. The molecule has 0 atom stereocenters. The Balaban J connectivity index is 1.91. The van der Waals surface area contributed by atoms with Gasteiger partial charge in [-0.05, 0) is 37.5 Å². The summed E-state index contributed by atoms with van der Waals surface area (Å²) < 4.78 is 5.58. The molecule has 1 heterocycles. The van der Waals surface area contributed by atoms with Gasteiger partial charge in [-0.1, -0.05) is 0 Å². The van der Waals surface area contributed by atoms with Crippen molar-refractivity contribution in [1.29, 1.82) is 0 Å². The Morgan fingerprint density at radius 2 is 2.32 bits per heavy atom. The number of hydrogen-bond donors (Lipinski definition) is 2. The normalized spacial score (nSPS) is 17.3. The number of benzene rings is 1. The fraction of sp³-hybridized carbons (Fsp3) is 0.429. The second-order valence-corrected chi connectivity index (χ2v) is 5.14. The molecule has 0 aliphatic heterocycles. The van der Waals surface area contributed by atoms with E-state index >= 15 is 0 Å². The van der Waals surface area contributed by atoms with E-state index in [1.807, 2.05) is 0 Å². The fourth-order valence-electron chi connectivity index (χ4n) is 2.61. The van der Waals surface area contributed by atoms with Gasteiger partial charge in [0.05, 0.1) is 22.2 Å². The van der Waals surface area contributed by atoms with Crippen molar-refractivity contribution in [3.8, 4) is 0 Å². The van der Waals surface area contributed by atoms with Crippen molar-refractivity contribution in [3.05, 3.63) is 29.6 Å². The summed E-state index contributed by atoms with van der Waals surface area (Å²) in [6.07, 6.45) is 4.06. The maximum absolute atomic E-state index is 10.9. The molecule has 19 heavy (non-hydrogen) atoms. The number of imidazole rings is 1. The second-order valence-electron chi connectivity index (χ2n) is 5.14. The van der Waals surface area contributed by atoms with E-state index in [2.05, 4.69) is 9.97 Å². The number of aromatic nitrogens is 2. The molecule has 1 fully saturated rings. The average Bonchev–Trinajstić information content (AvgIpc) is 2.74. The quantitative estimate of drug-likeness (QED) is 0.885. The molecule has 0 unspecified atom stereocenters. The lowest BCUT2D eigenvalue weighted by Gasteiger charge is -2.39. The first kappa shape index (κ1) is 12.2. The van der Waals surface area contributed by atoms with Crippen LogP contribution < -0.4 is 0 Å². The summed E-state index contributed by atoms with van der Waals surface area (Å²) >= 11 is 0. The third-order valence-corrected chi connectivity index (χ3v) is 3.97. The summed E-state index contributed by atoms with van der Waals surface area (Å²) in [4.78, 5) is 18.6. The lowest BCUT2D eigenvalue weighted by molar-refractivity contribution is -0.0719. The number of ether oxygens (including phenoxy) is 1. The number of methoxy groups -OCH3 is 1. The Labute approximate surface area is 110 Å². The maximum Gasteiger partial charge on any atom is 0.335 e. The Morgan fingerprint density at radius 1 is 1.53 bits per heavy atom. The minimum absolute atomic E-state index is 0.0799. The van der Waals surface area contributed by atoms with Crippen LogP contribution in [-0.4, -0.2) is 33.8 Å². The number of carbonyl (C=O) groups is 1. The third kappa shape index (κ3) is 2.10. The van der Waals surface area contributed by atoms with Crippen LogP contribution in [0.25, 0.3) is 11.0 Å². The molecular formula is C14H16N2O3. The standard InChI is InChI=1S/C14H16N2O3/c1-19-14(5-2-6-14)8-12-15-10-4-3-9(13(17)18)7-11(10)16-12/h3-4,7H,2,5-6,8H2,1H3,(H,15,16)(H,17,18). The number of aromatic carboxylic acids is 1. The van der Waals surface area contributed by atoms with Crippen LogP contribution in [0.2, 0.25) is 0 Å². The van der Waals surface area contributed by atoms with E-state index in [1.54, 1.807) is 25.3 Å². The summed E-state index contributed by atoms with van der Waals surface area (Å²) in [6, 6.07) is 4.93. The molecule has 3 rings (SSSR count). The maximum atomic E-state index is 10.9. The molecular weight excluding hydrogens is 244 g/mol. The lowest BCUT2D eigenvalue weighted by atomic mass is 9.77. The Hall–Kier alpha value is -1.88. The molecule has 5 nitrogen and oxygen atoms in total. The minimum Gasteiger partial charge on any atom is -0.478 e. The van der Waals surface area contributed by atoms with Gasteiger partial charge >= 0.3 is 5.97 Å². The van der Waals surface area contributed by atoms with Gasteiger partial charge in [0.2, 0.25) is 0 Å². The summed E-state index contributed by atoms with van der Waals surface area (Å²) in [5.74, 6) is -0.0653. The van der Waals surface area contributed by atoms with E-state index in [0.717, 1.165) is 36.1 Å². The molecule has 100 valence electrons. The van der Waals surface area contributed by atoms with Crippen LogP contribution in [0.3, 0.4) is 0 Å². The van der Waals surface area contributed by atoms with Gasteiger partial charge < -0.3 is 14.8 Å². The molecule has 0 radical (unpaired) electrons. The van der Waals surface area contributed by atoms with Crippen molar-refractivity contribution in [1.82, 2.24) is 9.97 Å². The molecule has 1 aliphatic carbocycles. The molecule has 5 heteroatoms. The first-order chi connectivity index (χ1) is 9.12. The molecule has 0 bridgehead atoms. The van der Waals surface area contributed by atoms with Gasteiger partial charge in [-0.15, -0.1) is 0 Å². The van der Waals surface area contributed by atoms with Crippen LogP contribution in [0.15, 0.2) is 18.2 Å². The van der Waals surface area contributed by atoms with Gasteiger partial charge in [-0.25, -0.2) is 9.78 Å². The molecule has 1 aromatic carbocycles. The molecule has 0 amide bonds. The topological polar surface area (TPSA) is 75.2 Å². The van der Waals surface area contributed by atoms with Crippen LogP contribution in [0, 0.1) is 0 Å². The number of nitrogens with one attached hydrogen (secondary N) is 1. The van der Waals surface area contributed by atoms with Gasteiger partial charge in [-0.2, -0.15) is 0 Å². The Morgan fingerprint density at radius 3 is 2.89 bits per heavy atom. The number of fused-ring (bicyclic) bond motifs is 1. The van der Waals surface area contributed by atoms with Crippen molar-refractivity contribution in [2.24, 2.45) is 0 Å². The summed E-state index contributed by atoms with van der Waals surface area (Å²) in [6.45, 7) is 0. The average molecular weight is 260 g/mol. The molecule has 2 N–H and O–H groups in total. The van der Waals surface area contributed by atoms with Gasteiger partial charge in [0.25, 0.3) is 0 Å². The highest BCUT2D eigenvalue weighted by Crippen LogP contribution is 2.37. The van der Waals surface area contributed by atoms with Crippen molar-refractivity contribution in [2.45, 2.75) is 31.3 Å². The number of rotatable bonds is 4. The molecule has 2 aromatic rings. The number of hydrogen-bond acceptors (Lipinski definition) is 3. The smallest absolute Gasteiger partial charge is 0.335 e. The van der Waals surface area contributed by atoms with Gasteiger partial charge in [0, 0.05) is 13.5 Å². The van der Waals surface area contributed by atoms with Crippen LogP contribution in [0.5, 0.6) is 0 Å². The predicted molar refractivity (Wildman–Crippen MR) is 70.3 cm³/mol. The van der Waals surface area contributed by atoms with Crippen LogP contribution in [0.4, 0.5) is 0 Å². The van der Waals surface area contributed by atoms with Crippen LogP contribution >= 0.6 is 0 Å². The van der Waals surface area contributed by atoms with Gasteiger partial charge in [0.15, 0.2) is 0 Å². The highest BCUT2D eigenvalue weighted by Gasteiger charge is 2.37. The highest BCUT2D eigenvalue weighted by molar-refractivity contribution is 5.92. The Bertz CT molecular complexity index is 623. The number of carboxylic acid groups (broad SMARTS) is 1. The lowest BCUT2D eigenvalue weighted by Crippen LogP contribution is -2.41. The number of nitrogens with zero attached hydrogens (tertiary/aromatic N) is 1. The van der Waals surface area contributed by atoms with Gasteiger partial charge in [0.1, 0.15) is 5.82 Å². The molecule has 0 saturated heterocycles. The molecule has 0 spiro atoms. The van der Waals surface area contributed by atoms with Crippen molar-refractivity contribution < 1.29 is 14.6 Å². The van der Waals surface area contributed by atoms with Crippen LogP contribution in [0.1, 0.15) is 35.4 Å². The SMILES string of the molecule is COC1(Cc2nc3ccc(C(=O)O)cc3[nH]2)CCC1. The third-order valence-electron chi connectivity index (χ3n) is 3.97. The minimum atomic E-state index is -0.926. The van der Waals surface area contributed by atoms with E-state index in [4.69, 9.17) is 9.84 Å². The van der Waals surface area contributed by atoms with Crippen molar-refractivity contribution in [2.75, 3.05) is 7.11 Å². The van der Waals surface area contributed by atoms with E-state index in [9.17, 15) is 4.79 Å². The van der Waals surface area contributed by atoms with E-state index < -0.39 is 5.97 Å². The zero-order valence-corrected chi connectivity index (χ0v) is 10.8. The number of aromatic amines is 1. The first-order valence-electron chi connectivity index (χ1n) is 6.39. The number of H-pyrrole nitrogens is 1. The molecule has 1 aromatic heterocycles. The fourth-order valence-corrected chi connectivity index (χ4v) is 2.61. The molecule has 1 saturated carbocycles. The predicted octanol–water partition coefficient (Wildman–Crippen LogP) is 2.37. The second kappa shape index (κ2) is 4.35. The van der Waals surface area contributed by atoms with Crippen molar-refractivity contribution >= 4 is 17.0 Å². The summed E-state index contributed by atoms with van der Waals surface area (Å²) in [7, 11) is 1.74. The summed E-state index contributed by atoms with van der Waals surface area (Å²) in [5, 5.41) is 8.97. The number of carboxylic acids is 1. The summed E-state index contributed by atoms with van der Waals surface area (Å²) in [5.41, 5.74) is 1.75. The highest BCUT2D eigenvalue weighted by atomic mass is 16.5. The molecule has 1 aliphatic rings. The van der Waals surface area contributed by atoms with Gasteiger partial charge in [-0.3, -0.25) is 0 Å². The van der Waals surface area contributed by atoms with E-state index in [0.29, 0.717) is 0 Å². The zero-order chi connectivity index (χ0) is 13.5.